The minimum absolute atomic E-state index is 0.00187. The highest BCUT2D eigenvalue weighted by atomic mass is 16.7. The number of hydrogen-bond acceptors (Lipinski definition) is 8. The molecule has 1 aliphatic heterocycles. The van der Waals surface area contributed by atoms with E-state index < -0.39 is 42.8 Å². The molecule has 0 radical (unpaired) electrons. The highest BCUT2D eigenvalue weighted by Gasteiger charge is 2.63. The molecule has 0 aromatic heterocycles. The first-order valence-electron chi connectivity index (χ1n) is 17.2. The topological polar surface area (TPSA) is 126 Å². The largest absolute Gasteiger partial charge is 0.457 e. The van der Waals surface area contributed by atoms with Crippen molar-refractivity contribution in [2.45, 2.75) is 149 Å². The van der Waals surface area contributed by atoms with Gasteiger partial charge in [-0.3, -0.25) is 4.79 Å². The third-order valence-electron chi connectivity index (χ3n) is 12.9. The molecule has 4 N–H and O–H groups in total. The van der Waals surface area contributed by atoms with E-state index >= 15 is 0 Å². The van der Waals surface area contributed by atoms with E-state index in [1.165, 1.54) is 18.1 Å². The van der Waals surface area contributed by atoms with Crippen LogP contribution >= 0.6 is 0 Å². The summed E-state index contributed by atoms with van der Waals surface area (Å²) >= 11 is 0. The van der Waals surface area contributed by atoms with E-state index in [1.54, 1.807) is 6.92 Å². The summed E-state index contributed by atoms with van der Waals surface area (Å²) in [7, 11) is 0. The van der Waals surface area contributed by atoms with Crippen LogP contribution in [0, 0.1) is 46.3 Å². The summed E-state index contributed by atoms with van der Waals surface area (Å²) in [5.74, 6) is 1.28. The minimum atomic E-state index is -1.34. The van der Waals surface area contributed by atoms with Crippen molar-refractivity contribution in [1.29, 1.82) is 0 Å². The first kappa shape index (κ1) is 34.1. The van der Waals surface area contributed by atoms with Gasteiger partial charge in [0.15, 0.2) is 12.4 Å². The molecule has 3 saturated carbocycles. The summed E-state index contributed by atoms with van der Waals surface area (Å²) in [5.41, 5.74) is 2.43. The Bertz CT molecular complexity index is 1100. The molecule has 4 unspecified atom stereocenters. The quantitative estimate of drug-likeness (QED) is 0.223. The maximum Gasteiger partial charge on any atom is 0.303 e. The molecule has 0 spiro atoms. The second kappa shape index (κ2) is 12.7. The number of fused-ring (bicyclic) bond motifs is 5. The fourth-order valence-electron chi connectivity index (χ4n) is 10.4. The number of aliphatic hydroxyl groups is 4. The van der Waals surface area contributed by atoms with Gasteiger partial charge in [0, 0.05) is 6.92 Å². The minimum Gasteiger partial charge on any atom is -0.457 e. The van der Waals surface area contributed by atoms with Gasteiger partial charge >= 0.3 is 5.97 Å². The van der Waals surface area contributed by atoms with E-state index in [9.17, 15) is 25.2 Å². The number of aliphatic hydroxyl groups excluding tert-OH is 4. The van der Waals surface area contributed by atoms with Crippen molar-refractivity contribution in [2.75, 3.05) is 0 Å². The third-order valence-corrected chi connectivity index (χ3v) is 12.9. The number of allylic oxidation sites excluding steroid dienone is 1. The van der Waals surface area contributed by atoms with Crippen LogP contribution in [0.1, 0.15) is 99.8 Å². The van der Waals surface area contributed by atoms with Crippen LogP contribution in [0.2, 0.25) is 0 Å². The molecule has 0 aromatic rings. The van der Waals surface area contributed by atoms with Crippen molar-refractivity contribution in [3.8, 4) is 0 Å². The number of ether oxygens (including phenoxy) is 3. The van der Waals surface area contributed by atoms with Gasteiger partial charge in [0.05, 0.1) is 24.4 Å². The number of carbonyl (C=O) groups is 1. The monoisotopic (exact) mass is 618 g/mol. The van der Waals surface area contributed by atoms with E-state index in [1.807, 2.05) is 0 Å². The van der Waals surface area contributed by atoms with Gasteiger partial charge in [0.1, 0.15) is 12.2 Å². The molecule has 250 valence electrons. The van der Waals surface area contributed by atoms with Gasteiger partial charge in [0.2, 0.25) is 0 Å². The molecule has 8 heteroatoms. The standard InChI is InChI=1S/C36H58O8/c1-18(2)19(3)9-10-20(4)30-28(39)17-26-29-25(12-14-36(26,30)8)35(7)13-11-24(15-23(35)16-27(29)38)44-34-32(41)31(40)33(21(5)42-34)43-22(6)37/h16,18,20-21,24-34,38-41H,3,9-15,17H2,1-2,4-8H3/t20?,21-,24-,25?,26?,27-,28-,29?,30-,31-,32-,33+,34-,35-,36-/m0/s1. The Labute approximate surface area is 264 Å². The molecule has 5 rings (SSSR count). The molecule has 0 bridgehead atoms. The Morgan fingerprint density at radius 2 is 1.80 bits per heavy atom. The fourth-order valence-corrected chi connectivity index (χ4v) is 10.4. The van der Waals surface area contributed by atoms with Gasteiger partial charge in [-0.2, -0.15) is 0 Å². The van der Waals surface area contributed by atoms with Crippen molar-refractivity contribution in [3.63, 3.8) is 0 Å². The first-order chi connectivity index (χ1) is 20.6. The van der Waals surface area contributed by atoms with Crippen molar-refractivity contribution in [2.24, 2.45) is 46.3 Å². The van der Waals surface area contributed by atoms with E-state index in [0.717, 1.165) is 44.9 Å². The third kappa shape index (κ3) is 5.97. The van der Waals surface area contributed by atoms with Gasteiger partial charge in [-0.1, -0.05) is 58.4 Å². The predicted molar refractivity (Wildman–Crippen MR) is 167 cm³/mol. The van der Waals surface area contributed by atoms with Crippen LogP contribution in [0.15, 0.2) is 23.8 Å². The summed E-state index contributed by atoms with van der Waals surface area (Å²) in [4.78, 5) is 11.5. The lowest BCUT2D eigenvalue weighted by Gasteiger charge is -2.59. The van der Waals surface area contributed by atoms with E-state index in [0.29, 0.717) is 24.2 Å². The molecular formula is C36H58O8. The van der Waals surface area contributed by atoms with Crippen LogP contribution in [0.3, 0.4) is 0 Å². The van der Waals surface area contributed by atoms with Crippen LogP contribution in [0.5, 0.6) is 0 Å². The van der Waals surface area contributed by atoms with Crippen molar-refractivity contribution >= 4 is 5.97 Å². The average molecular weight is 619 g/mol. The smallest absolute Gasteiger partial charge is 0.303 e. The van der Waals surface area contributed by atoms with Gasteiger partial charge < -0.3 is 34.6 Å². The molecule has 4 fully saturated rings. The van der Waals surface area contributed by atoms with E-state index in [4.69, 9.17) is 14.2 Å². The second-order valence-corrected chi connectivity index (χ2v) is 15.9. The molecule has 5 aliphatic rings. The zero-order chi connectivity index (χ0) is 32.3. The number of hydrogen-bond donors (Lipinski definition) is 4. The molecule has 4 aliphatic carbocycles. The molecule has 8 nitrogen and oxygen atoms in total. The zero-order valence-electron chi connectivity index (χ0n) is 27.9. The van der Waals surface area contributed by atoms with Crippen LogP contribution in [0.25, 0.3) is 0 Å². The molecule has 0 aromatic carbocycles. The summed E-state index contributed by atoms with van der Waals surface area (Å²) in [5, 5.41) is 44.6. The summed E-state index contributed by atoms with van der Waals surface area (Å²) in [6.45, 7) is 18.7. The highest BCUT2D eigenvalue weighted by molar-refractivity contribution is 5.66. The average Bonchev–Trinajstić information content (AvgIpc) is 3.22. The summed E-state index contributed by atoms with van der Waals surface area (Å²) < 4.78 is 17.3. The van der Waals surface area contributed by atoms with E-state index in [-0.39, 0.29) is 40.8 Å². The lowest BCUT2D eigenvalue weighted by molar-refractivity contribution is -0.307. The second-order valence-electron chi connectivity index (χ2n) is 15.9. The number of carbonyl (C=O) groups excluding carboxylic acids is 1. The maximum absolute atomic E-state index is 11.7. The molecule has 1 saturated heterocycles. The van der Waals surface area contributed by atoms with Gasteiger partial charge in [0.25, 0.3) is 0 Å². The predicted octanol–water partition coefficient (Wildman–Crippen LogP) is 4.92. The van der Waals surface area contributed by atoms with Crippen LogP contribution in [0.4, 0.5) is 0 Å². The van der Waals surface area contributed by atoms with Crippen LogP contribution < -0.4 is 0 Å². The Hall–Kier alpha value is -1.29. The molecule has 15 atom stereocenters. The highest BCUT2D eigenvalue weighted by Crippen LogP contribution is 2.67. The first-order valence-corrected chi connectivity index (χ1v) is 17.2. The van der Waals surface area contributed by atoms with Crippen molar-refractivity contribution in [3.05, 3.63) is 23.8 Å². The Balaban J connectivity index is 1.28. The van der Waals surface area contributed by atoms with Crippen molar-refractivity contribution < 1.29 is 39.4 Å². The molecule has 1 heterocycles. The van der Waals surface area contributed by atoms with E-state index in [2.05, 4.69) is 47.3 Å². The Kier molecular flexibility index (Phi) is 9.85. The summed E-state index contributed by atoms with van der Waals surface area (Å²) in [6.07, 6.45) is 2.85. The normalized spacial score (nSPS) is 47.7. The van der Waals surface area contributed by atoms with Crippen LogP contribution in [-0.2, 0) is 19.0 Å². The van der Waals surface area contributed by atoms with Crippen molar-refractivity contribution in [1.82, 2.24) is 0 Å². The summed E-state index contributed by atoms with van der Waals surface area (Å²) in [6, 6.07) is 0. The van der Waals surface area contributed by atoms with Gasteiger partial charge in [-0.05, 0) is 105 Å². The fraction of sp³-hybridized carbons (Fsp3) is 0.861. The van der Waals surface area contributed by atoms with Gasteiger partial charge in [-0.15, -0.1) is 0 Å². The SMILES string of the molecule is C=C(CCC(C)[C@H]1[C@@H](O)CC2C3C(CC[C@@]21C)[C@@]1(C)CC[C@H](O[C@@H]2O[C@@H](C)[C@@H](OC(C)=O)[C@@H](O)[C@@H]2O)CC1=C[C@@H]3O)C(C)C. The molecule has 0 amide bonds. The molecular weight excluding hydrogens is 560 g/mol. The number of rotatable bonds is 8. The Morgan fingerprint density at radius 3 is 2.45 bits per heavy atom. The maximum atomic E-state index is 11.7. The lowest BCUT2D eigenvalue weighted by atomic mass is 9.46. The van der Waals surface area contributed by atoms with Gasteiger partial charge in [-0.25, -0.2) is 0 Å². The van der Waals surface area contributed by atoms with Crippen LogP contribution in [-0.4, -0.2) is 75.4 Å². The molecule has 44 heavy (non-hydrogen) atoms. The number of esters is 1. The lowest BCUT2D eigenvalue weighted by Crippen LogP contribution is -2.59. The zero-order valence-corrected chi connectivity index (χ0v) is 27.9. The Morgan fingerprint density at radius 1 is 1.09 bits per heavy atom.